The standard InChI is InChI=1S/C11H18N2O4/c1-5-10(14)12(16-3)8-7-9-13(17-4)11(15)6-2/h5-6H,1-2,7-9H2,3-4H3. The molecule has 0 bridgehead atoms. The van der Waals surface area contributed by atoms with E-state index >= 15 is 0 Å². The van der Waals surface area contributed by atoms with E-state index in [0.717, 1.165) is 22.3 Å². The molecule has 0 unspecified atom stereocenters. The van der Waals surface area contributed by atoms with Crippen molar-refractivity contribution in [3.05, 3.63) is 25.3 Å². The van der Waals surface area contributed by atoms with Gasteiger partial charge in [0.15, 0.2) is 0 Å². The molecule has 0 N–H and O–H groups in total. The summed E-state index contributed by atoms with van der Waals surface area (Å²) in [6, 6.07) is 0. The van der Waals surface area contributed by atoms with Crippen LogP contribution >= 0.6 is 0 Å². The zero-order valence-electron chi connectivity index (χ0n) is 10.2. The lowest BCUT2D eigenvalue weighted by Gasteiger charge is -2.21. The van der Waals surface area contributed by atoms with Crippen LogP contribution in [-0.4, -0.2) is 49.2 Å². The second-order valence-corrected chi connectivity index (χ2v) is 3.01. The molecule has 0 fully saturated rings. The fraction of sp³-hybridized carbons (Fsp3) is 0.455. The molecule has 0 aliphatic heterocycles. The zero-order chi connectivity index (χ0) is 13.3. The molecule has 0 aromatic heterocycles. The Kier molecular flexibility index (Phi) is 7.66. The molecule has 0 atom stereocenters. The topological polar surface area (TPSA) is 59.1 Å². The van der Waals surface area contributed by atoms with E-state index in [9.17, 15) is 9.59 Å². The number of hydrogen-bond donors (Lipinski definition) is 0. The third-order valence-electron chi connectivity index (χ3n) is 2.00. The Bertz CT molecular complexity index is 263. The van der Waals surface area contributed by atoms with E-state index in [2.05, 4.69) is 13.2 Å². The first-order valence-electron chi connectivity index (χ1n) is 5.06. The third-order valence-corrected chi connectivity index (χ3v) is 2.00. The van der Waals surface area contributed by atoms with Crippen LogP contribution in [0.4, 0.5) is 0 Å². The summed E-state index contributed by atoms with van der Waals surface area (Å²) in [4.78, 5) is 32.2. The minimum absolute atomic E-state index is 0.327. The van der Waals surface area contributed by atoms with E-state index in [1.807, 2.05) is 0 Å². The average Bonchev–Trinajstić information content (AvgIpc) is 2.37. The van der Waals surface area contributed by atoms with Gasteiger partial charge in [-0.1, -0.05) is 13.2 Å². The van der Waals surface area contributed by atoms with Gasteiger partial charge in [-0.05, 0) is 18.6 Å². The molecule has 0 saturated heterocycles. The second-order valence-electron chi connectivity index (χ2n) is 3.01. The number of carbonyl (C=O) groups excluding carboxylic acids is 2. The molecule has 0 aliphatic carbocycles. The van der Waals surface area contributed by atoms with Gasteiger partial charge in [0.1, 0.15) is 0 Å². The molecule has 6 heteroatoms. The lowest BCUT2D eigenvalue weighted by molar-refractivity contribution is -0.178. The van der Waals surface area contributed by atoms with Crippen molar-refractivity contribution in [2.45, 2.75) is 6.42 Å². The van der Waals surface area contributed by atoms with Crippen LogP contribution in [0, 0.1) is 0 Å². The Hall–Kier alpha value is -1.66. The smallest absolute Gasteiger partial charge is 0.269 e. The van der Waals surface area contributed by atoms with Crippen LogP contribution in [0.25, 0.3) is 0 Å². The summed E-state index contributed by atoms with van der Waals surface area (Å²) >= 11 is 0. The molecule has 0 radical (unpaired) electrons. The lowest BCUT2D eigenvalue weighted by Crippen LogP contribution is -2.34. The van der Waals surface area contributed by atoms with Gasteiger partial charge in [-0.2, -0.15) is 0 Å². The highest BCUT2D eigenvalue weighted by Gasteiger charge is 2.12. The molecular weight excluding hydrogens is 224 g/mol. The van der Waals surface area contributed by atoms with Gasteiger partial charge in [0.05, 0.1) is 27.3 Å². The molecule has 0 aliphatic rings. The molecule has 0 spiro atoms. The van der Waals surface area contributed by atoms with E-state index in [-0.39, 0.29) is 11.8 Å². The molecule has 6 nitrogen and oxygen atoms in total. The van der Waals surface area contributed by atoms with Crippen LogP contribution in [0.1, 0.15) is 6.42 Å². The molecule has 0 aromatic rings. The molecule has 0 aromatic carbocycles. The minimum atomic E-state index is -0.327. The predicted octanol–water partition coefficient (Wildman–Crippen LogP) is 0.528. The largest absolute Gasteiger partial charge is 0.274 e. The maximum atomic E-state index is 11.2. The molecule has 2 amide bonds. The SMILES string of the molecule is C=CC(=O)N(CCCN(OC)C(=O)C=C)OC. The Morgan fingerprint density at radius 2 is 1.35 bits per heavy atom. The monoisotopic (exact) mass is 242 g/mol. The first-order chi connectivity index (χ1) is 8.10. The quantitative estimate of drug-likeness (QED) is 0.460. The van der Waals surface area contributed by atoms with Gasteiger partial charge in [0, 0.05) is 0 Å². The molecule has 96 valence electrons. The van der Waals surface area contributed by atoms with Crippen LogP contribution in [-0.2, 0) is 19.3 Å². The van der Waals surface area contributed by atoms with Crippen molar-refractivity contribution in [1.29, 1.82) is 0 Å². The molecule has 17 heavy (non-hydrogen) atoms. The van der Waals surface area contributed by atoms with Crippen LogP contribution in [0.15, 0.2) is 25.3 Å². The van der Waals surface area contributed by atoms with Gasteiger partial charge < -0.3 is 0 Å². The van der Waals surface area contributed by atoms with E-state index < -0.39 is 0 Å². The Labute approximate surface area is 101 Å². The summed E-state index contributed by atoms with van der Waals surface area (Å²) in [6.45, 7) is 7.39. The molecule has 0 heterocycles. The fourth-order valence-electron chi connectivity index (χ4n) is 1.14. The minimum Gasteiger partial charge on any atom is -0.274 e. The van der Waals surface area contributed by atoms with Gasteiger partial charge in [-0.3, -0.25) is 19.3 Å². The van der Waals surface area contributed by atoms with E-state index in [1.165, 1.54) is 14.2 Å². The van der Waals surface area contributed by atoms with Crippen molar-refractivity contribution in [2.75, 3.05) is 27.3 Å². The molecule has 0 saturated carbocycles. The number of hydroxylamine groups is 4. The summed E-state index contributed by atoms with van der Waals surface area (Å²) < 4.78 is 0. The zero-order valence-corrected chi connectivity index (χ0v) is 10.2. The normalized spacial score (nSPS) is 9.53. The van der Waals surface area contributed by atoms with E-state index in [0.29, 0.717) is 19.5 Å². The highest BCUT2D eigenvalue weighted by atomic mass is 16.7. The molecule has 0 rings (SSSR count). The van der Waals surface area contributed by atoms with Crippen molar-refractivity contribution < 1.29 is 19.3 Å². The highest BCUT2D eigenvalue weighted by Crippen LogP contribution is 1.98. The summed E-state index contributed by atoms with van der Waals surface area (Å²) in [5.74, 6) is -0.655. The van der Waals surface area contributed by atoms with Gasteiger partial charge in [0.25, 0.3) is 11.8 Å². The van der Waals surface area contributed by atoms with Crippen molar-refractivity contribution in [1.82, 2.24) is 10.1 Å². The summed E-state index contributed by atoms with van der Waals surface area (Å²) in [5.41, 5.74) is 0. The van der Waals surface area contributed by atoms with Crippen molar-refractivity contribution in [3.8, 4) is 0 Å². The van der Waals surface area contributed by atoms with E-state index in [4.69, 9.17) is 9.68 Å². The number of carbonyl (C=O) groups is 2. The molecular formula is C11H18N2O4. The van der Waals surface area contributed by atoms with E-state index in [1.54, 1.807) is 0 Å². The van der Waals surface area contributed by atoms with Gasteiger partial charge >= 0.3 is 0 Å². The summed E-state index contributed by atoms with van der Waals surface area (Å²) in [6.07, 6.45) is 2.83. The second kappa shape index (κ2) is 8.49. The summed E-state index contributed by atoms with van der Waals surface area (Å²) in [5, 5.41) is 2.30. The Balaban J connectivity index is 4.10. The van der Waals surface area contributed by atoms with Gasteiger partial charge in [-0.15, -0.1) is 0 Å². The fourth-order valence-corrected chi connectivity index (χ4v) is 1.14. The number of nitrogens with zero attached hydrogens (tertiary/aromatic N) is 2. The number of amides is 2. The van der Waals surface area contributed by atoms with Crippen molar-refractivity contribution >= 4 is 11.8 Å². The number of hydrogen-bond acceptors (Lipinski definition) is 4. The first kappa shape index (κ1) is 15.3. The first-order valence-corrected chi connectivity index (χ1v) is 5.06. The third kappa shape index (κ3) is 5.28. The highest BCUT2D eigenvalue weighted by molar-refractivity contribution is 5.86. The maximum absolute atomic E-state index is 11.2. The Morgan fingerprint density at radius 1 is 1.00 bits per heavy atom. The van der Waals surface area contributed by atoms with Crippen molar-refractivity contribution in [3.63, 3.8) is 0 Å². The Morgan fingerprint density at radius 3 is 1.59 bits per heavy atom. The average molecular weight is 242 g/mol. The summed E-state index contributed by atoms with van der Waals surface area (Å²) in [7, 11) is 2.79. The van der Waals surface area contributed by atoms with Crippen LogP contribution in [0.3, 0.4) is 0 Å². The predicted molar refractivity (Wildman–Crippen MR) is 62.5 cm³/mol. The number of rotatable bonds is 8. The van der Waals surface area contributed by atoms with Crippen LogP contribution in [0.2, 0.25) is 0 Å². The van der Waals surface area contributed by atoms with Crippen LogP contribution in [0.5, 0.6) is 0 Å². The van der Waals surface area contributed by atoms with Crippen LogP contribution < -0.4 is 0 Å². The van der Waals surface area contributed by atoms with Gasteiger partial charge in [-0.25, -0.2) is 10.1 Å². The lowest BCUT2D eigenvalue weighted by atomic mass is 10.4. The van der Waals surface area contributed by atoms with Gasteiger partial charge in [0.2, 0.25) is 0 Å². The van der Waals surface area contributed by atoms with Crippen molar-refractivity contribution in [2.24, 2.45) is 0 Å². The maximum Gasteiger partial charge on any atom is 0.269 e.